The van der Waals surface area contributed by atoms with Crippen LogP contribution >= 0.6 is 15.9 Å². The average Bonchev–Trinajstić information content (AvgIpc) is 2.48. The molecule has 0 unspecified atom stereocenters. The van der Waals surface area contributed by atoms with Gasteiger partial charge in [0.15, 0.2) is 5.69 Å². The van der Waals surface area contributed by atoms with Crippen molar-refractivity contribution in [3.8, 4) is 6.07 Å². The predicted molar refractivity (Wildman–Crippen MR) is 93.8 cm³/mol. The van der Waals surface area contributed by atoms with Gasteiger partial charge in [-0.15, -0.1) is 0 Å². The molecule has 1 fully saturated rings. The fraction of sp³-hybridized carbons (Fsp3) is 0.625. The number of aryl methyl sites for hydroxylation is 1. The molecule has 1 aromatic heterocycles. The highest BCUT2D eigenvalue weighted by Gasteiger charge is 2.25. The summed E-state index contributed by atoms with van der Waals surface area (Å²) in [4.78, 5) is 22.6. The van der Waals surface area contributed by atoms with E-state index in [1.807, 2.05) is 32.6 Å². The Bertz CT molecular complexity index is 658. The summed E-state index contributed by atoms with van der Waals surface area (Å²) in [6.45, 7) is 8.80. The highest BCUT2D eigenvalue weighted by molar-refractivity contribution is 9.10. The van der Waals surface area contributed by atoms with Crippen LogP contribution in [-0.2, 0) is 4.74 Å². The first-order chi connectivity index (χ1) is 11.2. The molecule has 130 valence electrons. The van der Waals surface area contributed by atoms with Crippen LogP contribution in [-0.4, -0.2) is 40.8 Å². The molecule has 0 aliphatic carbocycles. The number of anilines is 1. The van der Waals surface area contributed by atoms with Crippen LogP contribution in [0.2, 0.25) is 0 Å². The molecule has 1 aromatic rings. The standard InChI is InChI=1S/C16H22BrN5O2/c1-10-13(17)12(9-18)21-14(19-10)22-7-5-11(6-8-22)20-15(23)24-16(2,3)4/h11H,5-8H2,1-4H3,(H,20,23). The normalized spacial score (nSPS) is 15.8. The first kappa shape index (κ1) is 18.5. The van der Waals surface area contributed by atoms with Gasteiger partial charge in [-0.05, 0) is 56.5 Å². The lowest BCUT2D eigenvalue weighted by Gasteiger charge is -2.33. The third kappa shape index (κ3) is 4.81. The minimum absolute atomic E-state index is 0.0723. The van der Waals surface area contributed by atoms with Crippen molar-refractivity contribution in [1.29, 1.82) is 5.26 Å². The predicted octanol–water partition coefficient (Wildman–Crippen LogP) is 2.91. The Balaban J connectivity index is 1.95. The monoisotopic (exact) mass is 395 g/mol. The number of carbonyl (C=O) groups excluding carboxylic acids is 1. The Labute approximate surface area is 150 Å². The van der Waals surface area contributed by atoms with Crippen molar-refractivity contribution in [1.82, 2.24) is 15.3 Å². The van der Waals surface area contributed by atoms with Crippen molar-refractivity contribution in [3.63, 3.8) is 0 Å². The van der Waals surface area contributed by atoms with E-state index in [1.165, 1.54) is 0 Å². The maximum Gasteiger partial charge on any atom is 0.407 e. The molecule has 0 spiro atoms. The fourth-order valence-corrected chi connectivity index (χ4v) is 2.72. The van der Waals surface area contributed by atoms with E-state index in [1.54, 1.807) is 0 Å². The number of carbonyl (C=O) groups is 1. The van der Waals surface area contributed by atoms with E-state index in [2.05, 4.69) is 37.3 Å². The fourth-order valence-electron chi connectivity index (χ4n) is 2.46. The number of rotatable bonds is 2. The van der Waals surface area contributed by atoms with Gasteiger partial charge in [-0.2, -0.15) is 5.26 Å². The Hall–Kier alpha value is -1.88. The van der Waals surface area contributed by atoms with E-state index in [-0.39, 0.29) is 12.1 Å². The molecule has 1 aliphatic rings. The van der Waals surface area contributed by atoms with Crippen LogP contribution in [0.5, 0.6) is 0 Å². The van der Waals surface area contributed by atoms with Crippen LogP contribution in [0.25, 0.3) is 0 Å². The van der Waals surface area contributed by atoms with Crippen LogP contribution in [0.15, 0.2) is 4.47 Å². The van der Waals surface area contributed by atoms with Gasteiger partial charge < -0.3 is 15.0 Å². The number of hydrogen-bond donors (Lipinski definition) is 1. The number of hydrogen-bond acceptors (Lipinski definition) is 6. The van der Waals surface area contributed by atoms with E-state index in [0.29, 0.717) is 29.2 Å². The summed E-state index contributed by atoms with van der Waals surface area (Å²) in [5, 5.41) is 12.1. The van der Waals surface area contributed by atoms with Crippen LogP contribution in [0.1, 0.15) is 45.0 Å². The number of nitriles is 1. The molecule has 24 heavy (non-hydrogen) atoms. The van der Waals surface area contributed by atoms with Crippen molar-refractivity contribution in [2.45, 2.75) is 52.2 Å². The minimum atomic E-state index is -0.499. The third-order valence-electron chi connectivity index (χ3n) is 3.61. The summed E-state index contributed by atoms with van der Waals surface area (Å²) in [7, 11) is 0. The lowest BCUT2D eigenvalue weighted by Crippen LogP contribution is -2.46. The summed E-state index contributed by atoms with van der Waals surface area (Å²) in [5.74, 6) is 0.558. The Morgan fingerprint density at radius 3 is 2.54 bits per heavy atom. The Morgan fingerprint density at radius 2 is 2.00 bits per heavy atom. The molecule has 0 bridgehead atoms. The van der Waals surface area contributed by atoms with E-state index < -0.39 is 5.60 Å². The summed E-state index contributed by atoms with van der Waals surface area (Å²) < 4.78 is 5.92. The molecule has 0 radical (unpaired) electrons. The zero-order valence-corrected chi connectivity index (χ0v) is 16.0. The summed E-state index contributed by atoms with van der Waals surface area (Å²) in [6, 6.07) is 2.15. The number of nitrogens with one attached hydrogen (secondary N) is 1. The number of halogens is 1. The average molecular weight is 396 g/mol. The molecule has 2 heterocycles. The summed E-state index contributed by atoms with van der Waals surface area (Å²) >= 11 is 3.33. The van der Waals surface area contributed by atoms with Crippen molar-refractivity contribution < 1.29 is 9.53 Å². The van der Waals surface area contributed by atoms with Crippen molar-refractivity contribution in [2.75, 3.05) is 18.0 Å². The second-order valence-electron chi connectivity index (χ2n) is 6.79. The lowest BCUT2D eigenvalue weighted by atomic mass is 10.1. The number of alkyl carbamates (subject to hydrolysis) is 1. The van der Waals surface area contributed by atoms with Gasteiger partial charge in [-0.3, -0.25) is 0 Å². The lowest BCUT2D eigenvalue weighted by molar-refractivity contribution is 0.0497. The summed E-state index contributed by atoms with van der Waals surface area (Å²) in [6.07, 6.45) is 1.17. The van der Waals surface area contributed by atoms with Gasteiger partial charge in [0.25, 0.3) is 0 Å². The van der Waals surface area contributed by atoms with Gasteiger partial charge in [0.2, 0.25) is 5.95 Å². The van der Waals surface area contributed by atoms with Gasteiger partial charge in [0.05, 0.1) is 10.2 Å². The Kier molecular flexibility index (Phi) is 5.65. The number of aromatic nitrogens is 2. The third-order valence-corrected chi connectivity index (χ3v) is 4.56. The van der Waals surface area contributed by atoms with Crippen LogP contribution in [0, 0.1) is 18.3 Å². The van der Waals surface area contributed by atoms with Crippen LogP contribution < -0.4 is 10.2 Å². The van der Waals surface area contributed by atoms with Crippen molar-refractivity contribution >= 4 is 28.0 Å². The molecule has 8 heteroatoms. The van der Waals surface area contributed by atoms with E-state index in [0.717, 1.165) is 18.5 Å². The number of piperidine rings is 1. The topological polar surface area (TPSA) is 91.1 Å². The van der Waals surface area contributed by atoms with Gasteiger partial charge in [0, 0.05) is 19.1 Å². The molecule has 1 N–H and O–H groups in total. The molecule has 1 aliphatic heterocycles. The van der Waals surface area contributed by atoms with Crippen molar-refractivity contribution in [3.05, 3.63) is 15.9 Å². The molecule has 1 amide bonds. The van der Waals surface area contributed by atoms with E-state index in [4.69, 9.17) is 10.00 Å². The SMILES string of the molecule is Cc1nc(N2CCC(NC(=O)OC(C)(C)C)CC2)nc(C#N)c1Br. The quantitative estimate of drug-likeness (QED) is 0.827. The minimum Gasteiger partial charge on any atom is -0.444 e. The molecular formula is C16H22BrN5O2. The molecule has 0 atom stereocenters. The summed E-state index contributed by atoms with van der Waals surface area (Å²) in [5.41, 5.74) is 0.582. The van der Waals surface area contributed by atoms with E-state index >= 15 is 0 Å². The highest BCUT2D eigenvalue weighted by atomic mass is 79.9. The van der Waals surface area contributed by atoms with Crippen LogP contribution in [0.4, 0.5) is 10.7 Å². The molecule has 7 nitrogen and oxygen atoms in total. The second-order valence-corrected chi connectivity index (χ2v) is 7.58. The zero-order valence-electron chi connectivity index (χ0n) is 14.4. The number of ether oxygens (including phenoxy) is 1. The largest absolute Gasteiger partial charge is 0.444 e. The van der Waals surface area contributed by atoms with Crippen molar-refractivity contribution in [2.24, 2.45) is 0 Å². The Morgan fingerprint density at radius 1 is 1.38 bits per heavy atom. The van der Waals surface area contributed by atoms with Gasteiger partial charge in [-0.1, -0.05) is 0 Å². The maximum atomic E-state index is 11.8. The number of nitrogens with zero attached hydrogens (tertiary/aromatic N) is 4. The molecule has 0 saturated carbocycles. The molecule has 2 rings (SSSR count). The van der Waals surface area contributed by atoms with E-state index in [9.17, 15) is 4.79 Å². The first-order valence-corrected chi connectivity index (χ1v) is 8.67. The maximum absolute atomic E-state index is 11.8. The highest BCUT2D eigenvalue weighted by Crippen LogP contribution is 2.23. The molecule has 0 aromatic carbocycles. The zero-order chi connectivity index (χ0) is 17.9. The number of amides is 1. The second kappa shape index (κ2) is 7.34. The smallest absolute Gasteiger partial charge is 0.407 e. The van der Waals surface area contributed by atoms with Crippen LogP contribution in [0.3, 0.4) is 0 Å². The van der Waals surface area contributed by atoms with Gasteiger partial charge in [-0.25, -0.2) is 14.8 Å². The first-order valence-electron chi connectivity index (χ1n) is 7.88. The molecular weight excluding hydrogens is 374 g/mol. The molecule has 1 saturated heterocycles. The van der Waals surface area contributed by atoms with Gasteiger partial charge in [0.1, 0.15) is 11.7 Å². The van der Waals surface area contributed by atoms with Gasteiger partial charge >= 0.3 is 6.09 Å².